The first kappa shape index (κ1) is 14.5. The maximum Gasteiger partial charge on any atom is 0.234 e. The topological polar surface area (TPSA) is 68.5 Å². The lowest BCUT2D eigenvalue weighted by Gasteiger charge is -2.21. The van der Waals surface area contributed by atoms with Crippen LogP contribution in [-0.4, -0.2) is 34.5 Å². The van der Waals surface area contributed by atoms with E-state index in [0.717, 1.165) is 11.3 Å². The molecule has 1 fully saturated rings. The zero-order valence-corrected chi connectivity index (χ0v) is 12.3. The van der Waals surface area contributed by atoms with Crippen molar-refractivity contribution in [2.75, 3.05) is 6.54 Å². The molecule has 114 valence electrons. The third kappa shape index (κ3) is 3.43. The number of para-hydroxylation sites is 1. The molecule has 2 aromatic rings. The van der Waals surface area contributed by atoms with Crippen molar-refractivity contribution in [1.29, 1.82) is 0 Å². The van der Waals surface area contributed by atoms with E-state index in [9.17, 15) is 4.79 Å². The molecule has 5 nitrogen and oxygen atoms in total. The maximum atomic E-state index is 11.7. The minimum absolute atomic E-state index is 0.0310. The zero-order chi connectivity index (χ0) is 15.4. The first-order valence-corrected chi connectivity index (χ1v) is 7.36. The third-order valence-corrected chi connectivity index (χ3v) is 3.85. The van der Waals surface area contributed by atoms with Crippen LogP contribution in [0.3, 0.4) is 0 Å². The van der Waals surface area contributed by atoms with E-state index < -0.39 is 0 Å². The van der Waals surface area contributed by atoms with Gasteiger partial charge in [0, 0.05) is 31.9 Å². The van der Waals surface area contributed by atoms with Crippen molar-refractivity contribution in [3.8, 4) is 5.75 Å². The van der Waals surface area contributed by atoms with E-state index in [1.54, 1.807) is 6.20 Å². The molecule has 1 aromatic carbocycles. The summed E-state index contributed by atoms with van der Waals surface area (Å²) in [4.78, 5) is 17.9. The number of hydrogen-bond acceptors (Lipinski definition) is 4. The van der Waals surface area contributed by atoms with Gasteiger partial charge in [-0.05, 0) is 23.8 Å². The van der Waals surface area contributed by atoms with Gasteiger partial charge in [0.05, 0.1) is 6.04 Å². The van der Waals surface area contributed by atoms with Crippen molar-refractivity contribution in [2.45, 2.75) is 25.1 Å². The molecule has 5 heteroatoms. The molecule has 0 spiro atoms. The summed E-state index contributed by atoms with van der Waals surface area (Å²) in [7, 11) is 0. The highest BCUT2D eigenvalue weighted by molar-refractivity contribution is 5.80. The van der Waals surface area contributed by atoms with Gasteiger partial charge in [0.2, 0.25) is 5.91 Å². The highest BCUT2D eigenvalue weighted by Gasteiger charge is 2.36. The van der Waals surface area contributed by atoms with Crippen molar-refractivity contribution in [2.24, 2.45) is 5.73 Å². The molecule has 1 saturated heterocycles. The first-order chi connectivity index (χ1) is 10.7. The first-order valence-electron chi connectivity index (χ1n) is 7.36. The number of pyridine rings is 1. The van der Waals surface area contributed by atoms with Crippen LogP contribution in [0.1, 0.15) is 12.0 Å². The number of benzene rings is 1. The molecule has 1 amide bonds. The van der Waals surface area contributed by atoms with Crippen LogP contribution in [0.2, 0.25) is 0 Å². The van der Waals surface area contributed by atoms with Crippen LogP contribution >= 0.6 is 0 Å². The highest BCUT2D eigenvalue weighted by Crippen LogP contribution is 2.24. The molecule has 22 heavy (non-hydrogen) atoms. The van der Waals surface area contributed by atoms with Gasteiger partial charge in [-0.2, -0.15) is 0 Å². The van der Waals surface area contributed by atoms with Gasteiger partial charge < -0.3 is 10.5 Å². The lowest BCUT2D eigenvalue weighted by molar-refractivity contribution is -0.122. The number of nitrogens with zero attached hydrogens (tertiary/aromatic N) is 2. The normalized spacial score (nSPS) is 21.6. The van der Waals surface area contributed by atoms with Gasteiger partial charge in [0.25, 0.3) is 0 Å². The van der Waals surface area contributed by atoms with Gasteiger partial charge in [-0.1, -0.05) is 24.3 Å². The largest absolute Gasteiger partial charge is 0.489 e. The molecule has 2 atom stereocenters. The van der Waals surface area contributed by atoms with Crippen LogP contribution in [0.4, 0.5) is 0 Å². The van der Waals surface area contributed by atoms with E-state index in [1.165, 1.54) is 0 Å². The Bertz CT molecular complexity index is 618. The fourth-order valence-corrected chi connectivity index (χ4v) is 2.84. The van der Waals surface area contributed by atoms with Gasteiger partial charge in [0.15, 0.2) is 0 Å². The van der Waals surface area contributed by atoms with E-state index in [2.05, 4.69) is 9.88 Å². The number of rotatable bonds is 5. The number of carbonyl (C=O) groups excluding carboxylic acids is 1. The Morgan fingerprint density at radius 1 is 1.27 bits per heavy atom. The minimum atomic E-state index is -0.303. The molecule has 1 aliphatic heterocycles. The molecular formula is C17H19N3O2. The number of aromatic nitrogens is 1. The summed E-state index contributed by atoms with van der Waals surface area (Å²) in [5, 5.41) is 0. The molecule has 0 unspecified atom stereocenters. The summed E-state index contributed by atoms with van der Waals surface area (Å²) < 4.78 is 5.96. The Balaban J connectivity index is 1.68. The molecule has 2 heterocycles. The highest BCUT2D eigenvalue weighted by atomic mass is 16.5. The quantitative estimate of drug-likeness (QED) is 0.910. The SMILES string of the molecule is NC(=O)[C@@H]1C[C@H](Oc2ccccc2)CN1Cc1cccnc1. The summed E-state index contributed by atoms with van der Waals surface area (Å²) in [6.07, 6.45) is 4.13. The van der Waals surface area contributed by atoms with E-state index in [-0.39, 0.29) is 18.1 Å². The number of ether oxygens (including phenoxy) is 1. The average molecular weight is 297 g/mol. The van der Waals surface area contributed by atoms with Gasteiger partial charge in [-0.3, -0.25) is 14.7 Å². The van der Waals surface area contributed by atoms with Gasteiger partial charge >= 0.3 is 0 Å². The monoisotopic (exact) mass is 297 g/mol. The maximum absolute atomic E-state index is 11.7. The third-order valence-electron chi connectivity index (χ3n) is 3.85. The van der Waals surface area contributed by atoms with E-state index in [4.69, 9.17) is 10.5 Å². The number of likely N-dealkylation sites (tertiary alicyclic amines) is 1. The fourth-order valence-electron chi connectivity index (χ4n) is 2.84. The molecule has 0 radical (unpaired) electrons. The van der Waals surface area contributed by atoms with Gasteiger partial charge in [-0.25, -0.2) is 0 Å². The van der Waals surface area contributed by atoms with Crippen molar-refractivity contribution in [3.63, 3.8) is 0 Å². The number of carbonyl (C=O) groups is 1. The van der Waals surface area contributed by atoms with Gasteiger partial charge in [0.1, 0.15) is 11.9 Å². The minimum Gasteiger partial charge on any atom is -0.489 e. The molecule has 0 aliphatic carbocycles. The number of nitrogens with two attached hydrogens (primary N) is 1. The van der Waals surface area contributed by atoms with Crippen molar-refractivity contribution >= 4 is 5.91 Å². The second-order valence-electron chi connectivity index (χ2n) is 5.50. The summed E-state index contributed by atoms with van der Waals surface area (Å²) in [5.74, 6) is 0.516. The molecule has 0 bridgehead atoms. The smallest absolute Gasteiger partial charge is 0.234 e. The molecule has 0 saturated carbocycles. The number of amides is 1. The molecule has 3 rings (SSSR count). The van der Waals surface area contributed by atoms with Crippen molar-refractivity contribution in [3.05, 3.63) is 60.4 Å². The summed E-state index contributed by atoms with van der Waals surface area (Å²) in [5.41, 5.74) is 6.61. The van der Waals surface area contributed by atoms with Crippen LogP contribution in [0, 0.1) is 0 Å². The summed E-state index contributed by atoms with van der Waals surface area (Å²) in [6, 6.07) is 13.2. The Labute approximate surface area is 129 Å². The summed E-state index contributed by atoms with van der Waals surface area (Å²) in [6.45, 7) is 1.33. The molecule has 2 N–H and O–H groups in total. The van der Waals surface area contributed by atoms with Crippen LogP contribution in [0.25, 0.3) is 0 Å². The van der Waals surface area contributed by atoms with Crippen molar-refractivity contribution in [1.82, 2.24) is 9.88 Å². The number of primary amides is 1. The second kappa shape index (κ2) is 6.58. The predicted molar refractivity (Wildman–Crippen MR) is 83.1 cm³/mol. The van der Waals surface area contributed by atoms with Gasteiger partial charge in [-0.15, -0.1) is 0 Å². The molecule has 1 aromatic heterocycles. The van der Waals surface area contributed by atoms with Crippen molar-refractivity contribution < 1.29 is 9.53 Å². The molecular weight excluding hydrogens is 278 g/mol. The Morgan fingerprint density at radius 3 is 2.77 bits per heavy atom. The Morgan fingerprint density at radius 2 is 2.09 bits per heavy atom. The Kier molecular flexibility index (Phi) is 4.34. The standard InChI is InChI=1S/C17H19N3O2/c18-17(21)16-9-15(22-14-6-2-1-3-7-14)12-20(16)11-13-5-4-8-19-10-13/h1-8,10,15-16H,9,11-12H2,(H2,18,21)/t15-,16-/m0/s1. The lowest BCUT2D eigenvalue weighted by Crippen LogP contribution is -2.39. The lowest BCUT2D eigenvalue weighted by atomic mass is 10.2. The van der Waals surface area contributed by atoms with Crippen LogP contribution in [0.15, 0.2) is 54.9 Å². The number of hydrogen-bond donors (Lipinski definition) is 1. The predicted octanol–water partition coefficient (Wildman–Crippen LogP) is 1.59. The fraction of sp³-hybridized carbons (Fsp3) is 0.294. The van der Waals surface area contributed by atoms with E-state index >= 15 is 0 Å². The van der Waals surface area contributed by atoms with E-state index in [1.807, 2.05) is 48.7 Å². The van der Waals surface area contributed by atoms with Crippen LogP contribution in [-0.2, 0) is 11.3 Å². The zero-order valence-electron chi connectivity index (χ0n) is 12.3. The molecule has 1 aliphatic rings. The van der Waals surface area contributed by atoms with Crippen LogP contribution in [0.5, 0.6) is 5.75 Å². The second-order valence-corrected chi connectivity index (χ2v) is 5.50. The van der Waals surface area contributed by atoms with Crippen LogP contribution < -0.4 is 10.5 Å². The summed E-state index contributed by atoms with van der Waals surface area (Å²) >= 11 is 0. The van der Waals surface area contributed by atoms with E-state index in [0.29, 0.717) is 19.5 Å². The average Bonchev–Trinajstić information content (AvgIpc) is 2.92. The Hall–Kier alpha value is -2.40.